The first-order chi connectivity index (χ1) is 11.8. The lowest BCUT2D eigenvalue weighted by Gasteiger charge is -2.08. The largest absolute Gasteiger partial charge is 0.294 e. The molecule has 3 heterocycles. The van der Waals surface area contributed by atoms with Crippen LogP contribution in [0.4, 0.5) is 0 Å². The summed E-state index contributed by atoms with van der Waals surface area (Å²) in [5.74, 6) is 0. The standard InChI is InChI=1S/C19H14N4O/c24-19-17-6-8-21-11-18(17)22-13-23(19)12-14-3-1-4-15(9-14)16-5-2-7-20-10-16/h1-11,13H,12H2. The van der Waals surface area contributed by atoms with Gasteiger partial charge in [0.2, 0.25) is 0 Å². The first kappa shape index (κ1) is 14.3. The van der Waals surface area contributed by atoms with Gasteiger partial charge in [-0.05, 0) is 34.9 Å². The van der Waals surface area contributed by atoms with E-state index in [-0.39, 0.29) is 5.56 Å². The van der Waals surface area contributed by atoms with Crippen LogP contribution in [0.3, 0.4) is 0 Å². The topological polar surface area (TPSA) is 60.7 Å². The number of aromatic nitrogens is 4. The molecule has 0 amide bonds. The van der Waals surface area contributed by atoms with Crippen LogP contribution in [-0.4, -0.2) is 19.5 Å². The molecule has 116 valence electrons. The third-order valence-electron chi connectivity index (χ3n) is 3.90. The molecule has 4 rings (SSSR count). The van der Waals surface area contributed by atoms with Crippen LogP contribution < -0.4 is 5.56 Å². The van der Waals surface area contributed by atoms with E-state index in [1.165, 1.54) is 0 Å². The van der Waals surface area contributed by atoms with E-state index in [4.69, 9.17) is 0 Å². The van der Waals surface area contributed by atoms with Crippen molar-refractivity contribution < 1.29 is 0 Å². The highest BCUT2D eigenvalue weighted by Gasteiger charge is 2.05. The van der Waals surface area contributed by atoms with Gasteiger partial charge in [-0.3, -0.25) is 19.3 Å². The van der Waals surface area contributed by atoms with Gasteiger partial charge in [0.15, 0.2) is 0 Å². The zero-order valence-corrected chi connectivity index (χ0v) is 12.8. The number of nitrogens with zero attached hydrogens (tertiary/aromatic N) is 4. The molecule has 1 aromatic carbocycles. The Morgan fingerprint density at radius 3 is 2.67 bits per heavy atom. The van der Waals surface area contributed by atoms with E-state index in [2.05, 4.69) is 21.0 Å². The molecule has 0 saturated heterocycles. The molecule has 0 fully saturated rings. The van der Waals surface area contributed by atoms with Crippen molar-refractivity contribution in [2.75, 3.05) is 0 Å². The third-order valence-corrected chi connectivity index (χ3v) is 3.90. The first-order valence-electron chi connectivity index (χ1n) is 7.60. The van der Waals surface area contributed by atoms with Crippen molar-refractivity contribution in [1.29, 1.82) is 0 Å². The molecule has 0 bridgehead atoms. The Hall–Kier alpha value is -3.34. The summed E-state index contributed by atoms with van der Waals surface area (Å²) < 4.78 is 1.62. The summed E-state index contributed by atoms with van der Waals surface area (Å²) in [4.78, 5) is 25.0. The number of fused-ring (bicyclic) bond motifs is 1. The van der Waals surface area contributed by atoms with E-state index in [0.717, 1.165) is 16.7 Å². The number of pyridine rings is 2. The summed E-state index contributed by atoms with van der Waals surface area (Å²) in [6.45, 7) is 0.470. The monoisotopic (exact) mass is 314 g/mol. The summed E-state index contributed by atoms with van der Waals surface area (Å²) in [7, 11) is 0. The molecule has 0 radical (unpaired) electrons. The summed E-state index contributed by atoms with van der Waals surface area (Å²) >= 11 is 0. The Morgan fingerprint density at radius 2 is 1.79 bits per heavy atom. The van der Waals surface area contributed by atoms with Crippen molar-refractivity contribution in [3.8, 4) is 11.1 Å². The van der Waals surface area contributed by atoms with Crippen LogP contribution in [-0.2, 0) is 6.54 Å². The van der Waals surface area contributed by atoms with E-state index in [1.54, 1.807) is 35.6 Å². The van der Waals surface area contributed by atoms with Gasteiger partial charge in [0.05, 0.1) is 30.0 Å². The van der Waals surface area contributed by atoms with E-state index in [9.17, 15) is 4.79 Å². The molecular formula is C19H14N4O. The van der Waals surface area contributed by atoms with Crippen molar-refractivity contribution in [2.24, 2.45) is 0 Å². The molecular weight excluding hydrogens is 300 g/mol. The number of hydrogen-bond acceptors (Lipinski definition) is 4. The van der Waals surface area contributed by atoms with Crippen molar-refractivity contribution in [3.05, 3.63) is 89.5 Å². The van der Waals surface area contributed by atoms with Crippen molar-refractivity contribution >= 4 is 10.9 Å². The van der Waals surface area contributed by atoms with E-state index >= 15 is 0 Å². The fourth-order valence-electron chi connectivity index (χ4n) is 2.70. The van der Waals surface area contributed by atoms with E-state index < -0.39 is 0 Å². The summed E-state index contributed by atoms with van der Waals surface area (Å²) in [6.07, 6.45) is 8.37. The van der Waals surface area contributed by atoms with Crippen molar-refractivity contribution in [2.45, 2.75) is 6.54 Å². The fourth-order valence-corrected chi connectivity index (χ4v) is 2.70. The Morgan fingerprint density at radius 1 is 0.917 bits per heavy atom. The van der Waals surface area contributed by atoms with Gasteiger partial charge in [-0.25, -0.2) is 4.98 Å². The minimum absolute atomic E-state index is 0.0609. The highest BCUT2D eigenvalue weighted by molar-refractivity contribution is 5.75. The minimum atomic E-state index is -0.0609. The Bertz CT molecular complexity index is 1060. The Balaban J connectivity index is 1.72. The van der Waals surface area contributed by atoms with Gasteiger partial charge in [-0.2, -0.15) is 0 Å². The van der Waals surface area contributed by atoms with Gasteiger partial charge in [0, 0.05) is 18.6 Å². The average molecular weight is 314 g/mol. The lowest BCUT2D eigenvalue weighted by atomic mass is 10.0. The second kappa shape index (κ2) is 6.04. The van der Waals surface area contributed by atoms with Gasteiger partial charge in [0.25, 0.3) is 5.56 Å². The lowest BCUT2D eigenvalue weighted by Crippen LogP contribution is -2.21. The molecule has 3 aromatic heterocycles. The lowest BCUT2D eigenvalue weighted by molar-refractivity contribution is 0.748. The average Bonchev–Trinajstić information content (AvgIpc) is 2.65. The van der Waals surface area contributed by atoms with Crippen LogP contribution in [0, 0.1) is 0 Å². The predicted molar refractivity (Wildman–Crippen MR) is 92.6 cm³/mol. The van der Waals surface area contributed by atoms with Crippen LogP contribution in [0.2, 0.25) is 0 Å². The SMILES string of the molecule is O=c1c2ccncc2ncn1Cc1cccc(-c2cccnc2)c1. The molecule has 0 unspecified atom stereocenters. The molecule has 0 aliphatic rings. The molecule has 0 aliphatic carbocycles. The zero-order chi connectivity index (χ0) is 16.4. The second-order valence-corrected chi connectivity index (χ2v) is 5.51. The summed E-state index contributed by atoms with van der Waals surface area (Å²) in [6, 6.07) is 13.7. The quantitative estimate of drug-likeness (QED) is 0.583. The molecule has 4 aromatic rings. The Labute approximate surface area is 138 Å². The van der Waals surface area contributed by atoms with Gasteiger partial charge >= 0.3 is 0 Å². The molecule has 0 saturated carbocycles. The Kier molecular flexibility index (Phi) is 3.59. The molecule has 0 atom stereocenters. The smallest absolute Gasteiger partial charge is 0.261 e. The number of rotatable bonds is 3. The molecule has 0 spiro atoms. The van der Waals surface area contributed by atoms with Crippen LogP contribution in [0.1, 0.15) is 5.56 Å². The zero-order valence-electron chi connectivity index (χ0n) is 12.8. The molecule has 0 N–H and O–H groups in total. The summed E-state index contributed by atoms with van der Waals surface area (Å²) in [5, 5.41) is 0.580. The van der Waals surface area contributed by atoms with Crippen LogP contribution in [0.25, 0.3) is 22.0 Å². The molecule has 0 aliphatic heterocycles. The van der Waals surface area contributed by atoms with Gasteiger partial charge in [0.1, 0.15) is 0 Å². The second-order valence-electron chi connectivity index (χ2n) is 5.51. The minimum Gasteiger partial charge on any atom is -0.294 e. The molecule has 5 heteroatoms. The van der Waals surface area contributed by atoms with Gasteiger partial charge < -0.3 is 0 Å². The van der Waals surface area contributed by atoms with Crippen LogP contribution in [0.15, 0.2) is 78.4 Å². The number of benzene rings is 1. The normalized spacial score (nSPS) is 10.8. The number of hydrogen-bond donors (Lipinski definition) is 0. The maximum atomic E-state index is 12.6. The van der Waals surface area contributed by atoms with Gasteiger partial charge in [-0.15, -0.1) is 0 Å². The first-order valence-corrected chi connectivity index (χ1v) is 7.60. The van der Waals surface area contributed by atoms with Crippen molar-refractivity contribution in [3.63, 3.8) is 0 Å². The molecule has 24 heavy (non-hydrogen) atoms. The third kappa shape index (κ3) is 2.67. The van der Waals surface area contributed by atoms with Crippen molar-refractivity contribution in [1.82, 2.24) is 19.5 Å². The molecule has 5 nitrogen and oxygen atoms in total. The van der Waals surface area contributed by atoms with E-state index in [1.807, 2.05) is 36.5 Å². The summed E-state index contributed by atoms with van der Waals surface area (Å²) in [5.41, 5.74) is 3.71. The highest BCUT2D eigenvalue weighted by Crippen LogP contribution is 2.19. The fraction of sp³-hybridized carbons (Fsp3) is 0.0526. The van der Waals surface area contributed by atoms with E-state index in [0.29, 0.717) is 17.4 Å². The van der Waals surface area contributed by atoms with Crippen LogP contribution >= 0.6 is 0 Å². The van der Waals surface area contributed by atoms with Crippen LogP contribution in [0.5, 0.6) is 0 Å². The maximum absolute atomic E-state index is 12.6. The highest BCUT2D eigenvalue weighted by atomic mass is 16.1. The maximum Gasteiger partial charge on any atom is 0.261 e. The predicted octanol–water partition coefficient (Wildman–Crippen LogP) is 2.90. The van der Waals surface area contributed by atoms with Gasteiger partial charge in [-0.1, -0.05) is 24.3 Å².